The second-order valence-electron chi connectivity index (χ2n) is 9.88. The van der Waals surface area contributed by atoms with E-state index in [2.05, 4.69) is 37.1 Å². The van der Waals surface area contributed by atoms with Crippen molar-refractivity contribution in [3.8, 4) is 17.3 Å². The van der Waals surface area contributed by atoms with E-state index < -0.39 is 0 Å². The van der Waals surface area contributed by atoms with Crippen LogP contribution < -0.4 is 9.80 Å². The van der Waals surface area contributed by atoms with E-state index in [0.717, 1.165) is 42.0 Å². The van der Waals surface area contributed by atoms with E-state index >= 15 is 0 Å². The number of rotatable bonds is 5. The van der Waals surface area contributed by atoms with Gasteiger partial charge in [0.25, 0.3) is 0 Å². The maximum atomic E-state index is 13.4. The Bertz CT molecular complexity index is 1470. The number of hydrogen-bond acceptors (Lipinski definition) is 6. The second kappa shape index (κ2) is 8.06. The van der Waals surface area contributed by atoms with Crippen molar-refractivity contribution in [2.45, 2.75) is 39.5 Å². The highest BCUT2D eigenvalue weighted by atomic mass is 32.1. The lowest BCUT2D eigenvalue weighted by atomic mass is 9.63. The van der Waals surface area contributed by atoms with Gasteiger partial charge in [-0.2, -0.15) is 10.4 Å². The summed E-state index contributed by atoms with van der Waals surface area (Å²) in [4.78, 5) is 9.87. The van der Waals surface area contributed by atoms with Crippen molar-refractivity contribution < 1.29 is 4.39 Å². The van der Waals surface area contributed by atoms with Crippen molar-refractivity contribution in [1.29, 1.82) is 5.26 Å². The van der Waals surface area contributed by atoms with Gasteiger partial charge in [-0.25, -0.2) is 13.9 Å². The average Bonchev–Trinajstić information content (AvgIpc) is 3.38. The van der Waals surface area contributed by atoms with E-state index in [1.807, 2.05) is 16.5 Å². The molecule has 0 bridgehead atoms. The molecule has 0 radical (unpaired) electrons. The lowest BCUT2D eigenvalue weighted by molar-refractivity contribution is 0.0903. The average molecular weight is 487 g/mol. The van der Waals surface area contributed by atoms with Crippen LogP contribution in [0.1, 0.15) is 42.3 Å². The number of nitriles is 1. The van der Waals surface area contributed by atoms with Crippen molar-refractivity contribution in [3.05, 3.63) is 58.5 Å². The van der Waals surface area contributed by atoms with Crippen molar-refractivity contribution in [2.24, 2.45) is 5.41 Å². The molecular weight excluding hydrogens is 459 g/mol. The molecule has 6 rings (SSSR count). The number of thiazole rings is 1. The SMILES string of the molecule is CCc1nn2cc(C)c(N3CC4(CCC4)C3)cc2c1N(C)c1nc(-c2ccc(F)cc2)c(C#N)s1. The Labute approximate surface area is 208 Å². The molecule has 2 aliphatic rings. The summed E-state index contributed by atoms with van der Waals surface area (Å²) in [6.45, 7) is 6.55. The highest BCUT2D eigenvalue weighted by molar-refractivity contribution is 7.16. The van der Waals surface area contributed by atoms with E-state index in [4.69, 9.17) is 10.1 Å². The Kier molecular flexibility index (Phi) is 5.08. The fourth-order valence-corrected chi connectivity index (χ4v) is 6.37. The summed E-state index contributed by atoms with van der Waals surface area (Å²) in [7, 11) is 1.98. The number of halogens is 1. The normalized spacial score (nSPS) is 16.3. The van der Waals surface area contributed by atoms with Crippen molar-refractivity contribution in [1.82, 2.24) is 14.6 Å². The van der Waals surface area contributed by atoms with Crippen LogP contribution in [0.2, 0.25) is 0 Å². The zero-order valence-corrected chi connectivity index (χ0v) is 21.0. The second-order valence-corrected chi connectivity index (χ2v) is 10.9. The number of nitrogens with zero attached hydrogens (tertiary/aromatic N) is 6. The summed E-state index contributed by atoms with van der Waals surface area (Å²) in [5.41, 5.74) is 7.40. The van der Waals surface area contributed by atoms with Crippen LogP contribution >= 0.6 is 11.3 Å². The Morgan fingerprint density at radius 1 is 1.23 bits per heavy atom. The summed E-state index contributed by atoms with van der Waals surface area (Å²) < 4.78 is 15.4. The fourth-order valence-electron chi connectivity index (χ4n) is 5.51. The number of aryl methyl sites for hydroxylation is 2. The third kappa shape index (κ3) is 3.49. The van der Waals surface area contributed by atoms with Crippen molar-refractivity contribution in [2.75, 3.05) is 29.9 Å². The number of aromatic nitrogens is 3. The van der Waals surface area contributed by atoms with Gasteiger partial charge in [-0.3, -0.25) is 0 Å². The molecule has 4 heterocycles. The van der Waals surface area contributed by atoms with E-state index in [1.165, 1.54) is 54.0 Å². The minimum absolute atomic E-state index is 0.310. The monoisotopic (exact) mass is 486 g/mol. The lowest BCUT2D eigenvalue weighted by Crippen LogP contribution is -2.60. The van der Waals surface area contributed by atoms with Gasteiger partial charge in [0.1, 0.15) is 22.5 Å². The van der Waals surface area contributed by atoms with Gasteiger partial charge in [-0.1, -0.05) is 24.7 Å². The van der Waals surface area contributed by atoms with Crippen LogP contribution in [0.25, 0.3) is 16.8 Å². The van der Waals surface area contributed by atoms with Crippen LogP contribution in [-0.4, -0.2) is 34.7 Å². The molecule has 0 N–H and O–H groups in total. The van der Waals surface area contributed by atoms with Crippen molar-refractivity contribution >= 4 is 33.4 Å². The molecule has 4 aromatic rings. The molecular formula is C27H27FN6S. The molecule has 0 amide bonds. The van der Waals surface area contributed by atoms with Crippen LogP contribution in [0.5, 0.6) is 0 Å². The van der Waals surface area contributed by atoms with Crippen LogP contribution in [0.4, 0.5) is 20.9 Å². The number of benzene rings is 1. The van der Waals surface area contributed by atoms with E-state index in [9.17, 15) is 9.65 Å². The minimum atomic E-state index is -0.310. The van der Waals surface area contributed by atoms with E-state index in [-0.39, 0.29) is 5.82 Å². The standard InChI is InChI=1S/C27H27FN6S/c1-4-20-25(32(3)26-30-24(23(13-29)35-26)18-6-8-19(28)9-7-18)22-12-21(17(2)14-34(22)31-20)33-15-27(16-33)10-5-11-27/h6-9,12,14H,4-5,10-11,15-16H2,1-3H3. The predicted octanol–water partition coefficient (Wildman–Crippen LogP) is 6.10. The third-order valence-electron chi connectivity index (χ3n) is 7.58. The summed E-state index contributed by atoms with van der Waals surface area (Å²) >= 11 is 1.34. The molecule has 0 atom stereocenters. The Hall–Kier alpha value is -3.44. The van der Waals surface area contributed by atoms with Crippen LogP contribution in [0.15, 0.2) is 36.5 Å². The topological polar surface area (TPSA) is 60.5 Å². The summed E-state index contributed by atoms with van der Waals surface area (Å²) in [6, 6.07) is 10.7. The number of fused-ring (bicyclic) bond motifs is 1. The molecule has 1 aliphatic heterocycles. The smallest absolute Gasteiger partial charge is 0.191 e. The Morgan fingerprint density at radius 2 is 1.97 bits per heavy atom. The zero-order valence-electron chi connectivity index (χ0n) is 20.2. The number of pyridine rings is 1. The Morgan fingerprint density at radius 3 is 2.60 bits per heavy atom. The maximum Gasteiger partial charge on any atom is 0.191 e. The van der Waals surface area contributed by atoms with Crippen molar-refractivity contribution in [3.63, 3.8) is 0 Å². The first-order valence-corrected chi connectivity index (χ1v) is 12.9. The molecule has 0 unspecified atom stereocenters. The quantitative estimate of drug-likeness (QED) is 0.341. The molecule has 6 nitrogen and oxygen atoms in total. The molecule has 35 heavy (non-hydrogen) atoms. The van der Waals surface area contributed by atoms with E-state index in [0.29, 0.717) is 21.1 Å². The largest absolute Gasteiger partial charge is 0.370 e. The van der Waals surface area contributed by atoms with Crippen LogP contribution in [0.3, 0.4) is 0 Å². The first kappa shape index (κ1) is 22.1. The van der Waals surface area contributed by atoms with Gasteiger partial charge in [-0.15, -0.1) is 0 Å². The first-order chi connectivity index (χ1) is 16.9. The highest BCUT2D eigenvalue weighted by Crippen LogP contribution is 2.50. The molecule has 1 saturated heterocycles. The predicted molar refractivity (Wildman–Crippen MR) is 138 cm³/mol. The Balaban J connectivity index is 1.41. The molecule has 1 spiro atoms. The molecule has 1 saturated carbocycles. The maximum absolute atomic E-state index is 13.4. The van der Waals surface area contributed by atoms with Gasteiger partial charge < -0.3 is 9.80 Å². The van der Waals surface area contributed by atoms with Gasteiger partial charge in [0.15, 0.2) is 5.13 Å². The summed E-state index contributed by atoms with van der Waals surface area (Å²) in [5, 5.41) is 15.4. The molecule has 2 fully saturated rings. The molecule has 1 aromatic carbocycles. The molecule has 178 valence electrons. The van der Waals surface area contributed by atoms with Gasteiger partial charge in [0, 0.05) is 43.0 Å². The lowest BCUT2D eigenvalue weighted by Gasteiger charge is -2.57. The zero-order chi connectivity index (χ0) is 24.3. The van der Waals surface area contributed by atoms with E-state index in [1.54, 1.807) is 12.1 Å². The summed E-state index contributed by atoms with van der Waals surface area (Å²) in [6.07, 6.45) is 6.98. The molecule has 3 aromatic heterocycles. The first-order valence-electron chi connectivity index (χ1n) is 12.1. The summed E-state index contributed by atoms with van der Waals surface area (Å²) in [5.74, 6) is -0.310. The molecule has 8 heteroatoms. The van der Waals surface area contributed by atoms with Gasteiger partial charge in [0.2, 0.25) is 0 Å². The number of anilines is 3. The van der Waals surface area contributed by atoms with Crippen LogP contribution in [-0.2, 0) is 6.42 Å². The van der Waals surface area contributed by atoms with Crippen LogP contribution in [0, 0.1) is 29.5 Å². The molecule has 1 aliphatic carbocycles. The van der Waals surface area contributed by atoms with Gasteiger partial charge >= 0.3 is 0 Å². The highest BCUT2D eigenvalue weighted by Gasteiger charge is 2.47. The third-order valence-corrected chi connectivity index (χ3v) is 8.62. The number of hydrogen-bond donors (Lipinski definition) is 0. The van der Waals surface area contributed by atoms with Gasteiger partial charge in [0.05, 0.1) is 16.9 Å². The fraction of sp³-hybridized carbons (Fsp3) is 0.370. The van der Waals surface area contributed by atoms with Gasteiger partial charge in [-0.05, 0) is 62.1 Å². The minimum Gasteiger partial charge on any atom is -0.370 e.